The summed E-state index contributed by atoms with van der Waals surface area (Å²) >= 11 is 0. The van der Waals surface area contributed by atoms with Crippen LogP contribution >= 0.6 is 0 Å². The first-order chi connectivity index (χ1) is 10.1. The number of benzene rings is 2. The zero-order valence-corrected chi connectivity index (χ0v) is 10.8. The molecule has 0 saturated heterocycles. The number of ether oxygens (including phenoxy) is 1. The summed E-state index contributed by atoms with van der Waals surface area (Å²) in [5.41, 5.74) is 0.266. The van der Waals surface area contributed by atoms with Crippen LogP contribution in [-0.2, 0) is 0 Å². The minimum absolute atomic E-state index is 0.00832. The molecule has 21 heavy (non-hydrogen) atoms. The molecule has 0 atom stereocenters. The van der Waals surface area contributed by atoms with Crippen LogP contribution < -0.4 is 9.64 Å². The summed E-state index contributed by atoms with van der Waals surface area (Å²) in [4.78, 5) is 13.7. The lowest BCUT2D eigenvalue weighted by Gasteiger charge is -2.29. The second-order valence-corrected chi connectivity index (χ2v) is 4.55. The summed E-state index contributed by atoms with van der Waals surface area (Å²) in [6, 6.07) is 6.72. The molecule has 2 aromatic rings. The van der Waals surface area contributed by atoms with Gasteiger partial charge >= 0.3 is 0 Å². The van der Waals surface area contributed by atoms with Crippen LogP contribution in [0.2, 0.25) is 0 Å². The van der Waals surface area contributed by atoms with Gasteiger partial charge in [-0.25, -0.2) is 13.2 Å². The summed E-state index contributed by atoms with van der Waals surface area (Å²) in [6.07, 6.45) is 0. The number of amides is 1. The van der Waals surface area contributed by atoms with Crippen molar-refractivity contribution in [2.75, 3.05) is 18.1 Å². The predicted octanol–water partition coefficient (Wildman–Crippen LogP) is 3.14. The molecule has 0 N–H and O–H groups in total. The van der Waals surface area contributed by atoms with Gasteiger partial charge in [-0.3, -0.25) is 4.79 Å². The molecule has 108 valence electrons. The van der Waals surface area contributed by atoms with Crippen LogP contribution in [0.4, 0.5) is 18.9 Å². The minimum atomic E-state index is -1.10. The molecule has 1 amide bonds. The van der Waals surface area contributed by atoms with Crippen molar-refractivity contribution in [2.45, 2.75) is 0 Å². The average molecular weight is 293 g/mol. The number of carbonyl (C=O) groups excluding carboxylic acids is 1. The molecule has 0 aromatic heterocycles. The van der Waals surface area contributed by atoms with Crippen molar-refractivity contribution in [1.82, 2.24) is 0 Å². The quantitative estimate of drug-likeness (QED) is 0.808. The first kappa shape index (κ1) is 13.5. The van der Waals surface area contributed by atoms with E-state index in [1.807, 2.05) is 0 Å². The van der Waals surface area contributed by atoms with Gasteiger partial charge in [0.1, 0.15) is 18.2 Å². The molecule has 0 spiro atoms. The summed E-state index contributed by atoms with van der Waals surface area (Å²) < 4.78 is 44.9. The van der Waals surface area contributed by atoms with E-state index >= 15 is 0 Å². The molecule has 0 radical (unpaired) electrons. The zero-order valence-electron chi connectivity index (χ0n) is 10.8. The minimum Gasteiger partial charge on any atom is -0.490 e. The Morgan fingerprint density at radius 1 is 1.05 bits per heavy atom. The van der Waals surface area contributed by atoms with Crippen LogP contribution in [0.5, 0.6) is 5.75 Å². The number of fused-ring (bicyclic) bond motifs is 1. The lowest BCUT2D eigenvalue weighted by Crippen LogP contribution is -2.38. The number of hydrogen-bond acceptors (Lipinski definition) is 2. The zero-order chi connectivity index (χ0) is 15.0. The molecule has 0 fully saturated rings. The van der Waals surface area contributed by atoms with Crippen molar-refractivity contribution in [1.29, 1.82) is 0 Å². The van der Waals surface area contributed by atoms with Crippen LogP contribution in [0.25, 0.3) is 0 Å². The summed E-state index contributed by atoms with van der Waals surface area (Å²) in [5, 5.41) is 0. The van der Waals surface area contributed by atoms with E-state index in [0.29, 0.717) is 5.75 Å². The van der Waals surface area contributed by atoms with E-state index in [1.54, 1.807) is 0 Å². The van der Waals surface area contributed by atoms with Crippen LogP contribution in [-0.4, -0.2) is 19.1 Å². The fourth-order valence-electron chi connectivity index (χ4n) is 2.19. The van der Waals surface area contributed by atoms with E-state index in [0.717, 1.165) is 12.1 Å². The van der Waals surface area contributed by atoms with Crippen LogP contribution in [0, 0.1) is 17.5 Å². The van der Waals surface area contributed by atoms with Gasteiger partial charge < -0.3 is 9.64 Å². The molecular formula is C15H10F3NO2. The average Bonchev–Trinajstić information content (AvgIpc) is 2.48. The maximum Gasteiger partial charge on any atom is 0.258 e. The van der Waals surface area contributed by atoms with E-state index < -0.39 is 23.4 Å². The highest BCUT2D eigenvalue weighted by atomic mass is 19.2. The van der Waals surface area contributed by atoms with Crippen molar-refractivity contribution < 1.29 is 22.7 Å². The number of nitrogens with zero attached hydrogens (tertiary/aromatic N) is 1. The Morgan fingerprint density at radius 3 is 2.62 bits per heavy atom. The molecule has 0 saturated carbocycles. The Labute approximate surface area is 118 Å². The van der Waals surface area contributed by atoms with Crippen molar-refractivity contribution in [3.63, 3.8) is 0 Å². The van der Waals surface area contributed by atoms with Crippen molar-refractivity contribution in [3.05, 3.63) is 59.4 Å². The van der Waals surface area contributed by atoms with Gasteiger partial charge in [0.25, 0.3) is 5.91 Å². The van der Waals surface area contributed by atoms with E-state index in [4.69, 9.17) is 4.74 Å². The Kier molecular flexibility index (Phi) is 3.29. The highest BCUT2D eigenvalue weighted by Gasteiger charge is 2.25. The highest BCUT2D eigenvalue weighted by Crippen LogP contribution is 2.33. The van der Waals surface area contributed by atoms with Gasteiger partial charge in [0.2, 0.25) is 0 Å². The van der Waals surface area contributed by atoms with E-state index in [2.05, 4.69) is 0 Å². The molecule has 1 heterocycles. The molecule has 1 aliphatic rings. The third-order valence-electron chi connectivity index (χ3n) is 3.20. The monoisotopic (exact) mass is 293 g/mol. The van der Waals surface area contributed by atoms with Crippen LogP contribution in [0.15, 0.2) is 36.4 Å². The molecule has 0 aliphatic carbocycles. The normalized spacial score (nSPS) is 13.6. The number of anilines is 1. The molecule has 2 aromatic carbocycles. The van der Waals surface area contributed by atoms with Crippen molar-refractivity contribution in [3.8, 4) is 5.75 Å². The van der Waals surface area contributed by atoms with Gasteiger partial charge in [0.15, 0.2) is 11.6 Å². The number of rotatable bonds is 1. The Bertz CT molecular complexity index is 718. The van der Waals surface area contributed by atoms with Gasteiger partial charge in [0, 0.05) is 11.6 Å². The fourth-order valence-corrected chi connectivity index (χ4v) is 2.19. The SMILES string of the molecule is O=C(c1ccc(F)c(F)c1)N1CCOc2ccc(F)cc21. The molecule has 3 nitrogen and oxygen atoms in total. The van der Waals surface area contributed by atoms with E-state index in [9.17, 15) is 18.0 Å². The third kappa shape index (κ3) is 2.44. The summed E-state index contributed by atoms with van der Waals surface area (Å²) in [5.74, 6) is -2.81. The van der Waals surface area contributed by atoms with Gasteiger partial charge in [-0.15, -0.1) is 0 Å². The molecule has 3 rings (SSSR count). The smallest absolute Gasteiger partial charge is 0.258 e. The lowest BCUT2D eigenvalue weighted by atomic mass is 10.1. The maximum atomic E-state index is 13.3. The Balaban J connectivity index is 1.99. The number of halogens is 3. The lowest BCUT2D eigenvalue weighted by molar-refractivity contribution is 0.0976. The predicted molar refractivity (Wildman–Crippen MR) is 69.9 cm³/mol. The fraction of sp³-hybridized carbons (Fsp3) is 0.133. The second kappa shape index (κ2) is 5.12. The first-order valence-electron chi connectivity index (χ1n) is 6.25. The standard InChI is InChI=1S/C15H10F3NO2/c16-10-2-4-14-13(8-10)19(5-6-21-14)15(20)9-1-3-11(17)12(18)7-9/h1-4,7-8H,5-6H2. The maximum absolute atomic E-state index is 13.3. The summed E-state index contributed by atoms with van der Waals surface area (Å²) in [6.45, 7) is 0.447. The highest BCUT2D eigenvalue weighted by molar-refractivity contribution is 6.07. The topological polar surface area (TPSA) is 29.5 Å². The van der Waals surface area contributed by atoms with Crippen molar-refractivity contribution >= 4 is 11.6 Å². The Hall–Kier alpha value is -2.50. The van der Waals surface area contributed by atoms with Gasteiger partial charge in [-0.05, 0) is 30.3 Å². The molecule has 0 unspecified atom stereocenters. The molecule has 1 aliphatic heterocycles. The first-order valence-corrected chi connectivity index (χ1v) is 6.25. The number of hydrogen-bond donors (Lipinski definition) is 0. The largest absolute Gasteiger partial charge is 0.490 e. The second-order valence-electron chi connectivity index (χ2n) is 4.55. The molecular weight excluding hydrogens is 283 g/mol. The van der Waals surface area contributed by atoms with Crippen LogP contribution in [0.1, 0.15) is 10.4 Å². The van der Waals surface area contributed by atoms with Gasteiger partial charge in [-0.2, -0.15) is 0 Å². The third-order valence-corrected chi connectivity index (χ3v) is 3.20. The van der Waals surface area contributed by atoms with Gasteiger partial charge in [-0.1, -0.05) is 0 Å². The molecule has 0 bridgehead atoms. The van der Waals surface area contributed by atoms with Gasteiger partial charge in [0.05, 0.1) is 12.2 Å². The number of carbonyl (C=O) groups is 1. The molecule has 6 heteroatoms. The van der Waals surface area contributed by atoms with E-state index in [-0.39, 0.29) is 24.4 Å². The van der Waals surface area contributed by atoms with Crippen molar-refractivity contribution in [2.24, 2.45) is 0 Å². The summed E-state index contributed by atoms with van der Waals surface area (Å²) in [7, 11) is 0. The van der Waals surface area contributed by atoms with E-state index in [1.165, 1.54) is 29.2 Å². The van der Waals surface area contributed by atoms with Crippen LogP contribution in [0.3, 0.4) is 0 Å². The Morgan fingerprint density at radius 2 is 1.86 bits per heavy atom.